The Hall–Kier alpha value is -0.570. The lowest BCUT2D eigenvalue weighted by Crippen LogP contribution is -2.10. The number of nitrogens with zero attached hydrogens (tertiary/aromatic N) is 2. The van der Waals surface area contributed by atoms with Gasteiger partial charge in [-0.1, -0.05) is 46.8 Å². The lowest BCUT2D eigenvalue weighted by Gasteiger charge is -2.23. The summed E-state index contributed by atoms with van der Waals surface area (Å²) in [6.07, 6.45) is 11.2. The minimum atomic E-state index is 0.780. The van der Waals surface area contributed by atoms with E-state index in [1.165, 1.54) is 43.4 Å². The molecule has 1 aromatic rings. The molecule has 1 aliphatic rings. The molecule has 0 aromatic carbocycles. The Labute approximate surface area is 112 Å². The van der Waals surface area contributed by atoms with Crippen molar-refractivity contribution < 1.29 is 0 Å². The minimum absolute atomic E-state index is 0.780. The molecule has 1 heterocycles. The summed E-state index contributed by atoms with van der Waals surface area (Å²) in [4.78, 5) is 0. The highest BCUT2D eigenvalue weighted by molar-refractivity contribution is 9.09. The SMILES string of the molecule is Cc1c(C=C(CBr)C2CCCCC2)cnn1C. The average Bonchev–Trinajstić information content (AvgIpc) is 2.68. The Morgan fingerprint density at radius 3 is 2.71 bits per heavy atom. The zero-order valence-corrected chi connectivity index (χ0v) is 12.3. The van der Waals surface area contributed by atoms with Gasteiger partial charge in [-0.15, -0.1) is 0 Å². The molecular weight excluding hydrogens is 276 g/mol. The Morgan fingerprint density at radius 2 is 2.18 bits per heavy atom. The van der Waals surface area contributed by atoms with Crippen LogP contribution < -0.4 is 0 Å². The first-order chi connectivity index (χ1) is 8.22. The van der Waals surface area contributed by atoms with E-state index in [0.29, 0.717) is 0 Å². The van der Waals surface area contributed by atoms with E-state index in [1.807, 2.05) is 17.9 Å². The molecule has 1 fully saturated rings. The second-order valence-electron chi connectivity index (χ2n) is 5.00. The van der Waals surface area contributed by atoms with Gasteiger partial charge >= 0.3 is 0 Å². The van der Waals surface area contributed by atoms with Crippen molar-refractivity contribution in [1.29, 1.82) is 0 Å². The minimum Gasteiger partial charge on any atom is -0.272 e. The van der Waals surface area contributed by atoms with Crippen molar-refractivity contribution in [3.8, 4) is 0 Å². The zero-order chi connectivity index (χ0) is 12.3. The maximum absolute atomic E-state index is 4.31. The molecule has 94 valence electrons. The molecule has 0 aliphatic heterocycles. The van der Waals surface area contributed by atoms with Crippen molar-refractivity contribution in [1.82, 2.24) is 9.78 Å². The molecule has 17 heavy (non-hydrogen) atoms. The maximum Gasteiger partial charge on any atom is 0.0564 e. The number of aromatic nitrogens is 2. The van der Waals surface area contributed by atoms with Gasteiger partial charge in [0.15, 0.2) is 0 Å². The second-order valence-corrected chi connectivity index (χ2v) is 5.56. The van der Waals surface area contributed by atoms with Crippen LogP contribution in [0, 0.1) is 12.8 Å². The molecule has 0 saturated heterocycles. The summed E-state index contributed by atoms with van der Waals surface area (Å²) in [6, 6.07) is 0. The molecule has 1 aromatic heterocycles. The first kappa shape index (κ1) is 12.9. The quantitative estimate of drug-likeness (QED) is 0.768. The second kappa shape index (κ2) is 5.85. The fourth-order valence-corrected chi connectivity index (χ4v) is 3.22. The van der Waals surface area contributed by atoms with E-state index in [2.05, 4.69) is 34.0 Å². The normalized spacial score (nSPS) is 18.6. The number of allylic oxidation sites excluding steroid dienone is 1. The lowest BCUT2D eigenvalue weighted by molar-refractivity contribution is 0.405. The van der Waals surface area contributed by atoms with Gasteiger partial charge in [-0.25, -0.2) is 0 Å². The van der Waals surface area contributed by atoms with Gasteiger partial charge in [0.2, 0.25) is 0 Å². The van der Waals surface area contributed by atoms with E-state index in [-0.39, 0.29) is 0 Å². The summed E-state index contributed by atoms with van der Waals surface area (Å²) in [7, 11) is 2.00. The predicted molar refractivity (Wildman–Crippen MR) is 76.3 cm³/mol. The largest absolute Gasteiger partial charge is 0.272 e. The fraction of sp³-hybridized carbons (Fsp3) is 0.643. The average molecular weight is 297 g/mol. The lowest BCUT2D eigenvalue weighted by atomic mass is 9.84. The molecule has 2 nitrogen and oxygen atoms in total. The Kier molecular flexibility index (Phi) is 4.43. The number of halogens is 1. The van der Waals surface area contributed by atoms with E-state index in [4.69, 9.17) is 0 Å². The van der Waals surface area contributed by atoms with Gasteiger partial charge in [-0.05, 0) is 25.7 Å². The van der Waals surface area contributed by atoms with Crippen LogP contribution in [0.1, 0.15) is 43.4 Å². The number of hydrogen-bond acceptors (Lipinski definition) is 1. The van der Waals surface area contributed by atoms with E-state index in [1.54, 1.807) is 5.57 Å². The van der Waals surface area contributed by atoms with E-state index in [0.717, 1.165) is 11.2 Å². The van der Waals surface area contributed by atoms with Crippen molar-refractivity contribution in [2.45, 2.75) is 39.0 Å². The van der Waals surface area contributed by atoms with Gasteiger partial charge < -0.3 is 0 Å². The molecule has 0 N–H and O–H groups in total. The van der Waals surface area contributed by atoms with Gasteiger partial charge in [0.1, 0.15) is 0 Å². The van der Waals surface area contributed by atoms with E-state index in [9.17, 15) is 0 Å². The Balaban J connectivity index is 2.19. The highest BCUT2D eigenvalue weighted by atomic mass is 79.9. The Bertz CT molecular complexity index is 400. The first-order valence-electron chi connectivity index (χ1n) is 6.47. The molecule has 2 rings (SSSR count). The first-order valence-corrected chi connectivity index (χ1v) is 7.59. The van der Waals surface area contributed by atoms with Crippen molar-refractivity contribution in [2.24, 2.45) is 13.0 Å². The van der Waals surface area contributed by atoms with Crippen LogP contribution >= 0.6 is 15.9 Å². The molecule has 0 unspecified atom stereocenters. The summed E-state index contributed by atoms with van der Waals surface area (Å²) in [5, 5.41) is 5.30. The van der Waals surface area contributed by atoms with Crippen molar-refractivity contribution in [2.75, 3.05) is 5.33 Å². The summed E-state index contributed by atoms with van der Waals surface area (Å²) < 4.78 is 1.94. The summed E-state index contributed by atoms with van der Waals surface area (Å²) in [6.45, 7) is 2.13. The van der Waals surface area contributed by atoms with Crippen molar-refractivity contribution >= 4 is 22.0 Å². The standard InChI is InChI=1S/C14H21BrN2/c1-11-14(10-16-17(11)2)8-13(9-15)12-6-4-3-5-7-12/h8,10,12H,3-7,9H2,1-2H3. The topological polar surface area (TPSA) is 17.8 Å². The Morgan fingerprint density at radius 1 is 1.47 bits per heavy atom. The van der Waals surface area contributed by atoms with Gasteiger partial charge in [0.05, 0.1) is 6.20 Å². The third kappa shape index (κ3) is 3.01. The van der Waals surface area contributed by atoms with Crippen LogP contribution in [0.3, 0.4) is 0 Å². The van der Waals surface area contributed by atoms with Crippen molar-refractivity contribution in [3.63, 3.8) is 0 Å². The molecule has 0 radical (unpaired) electrons. The van der Waals surface area contributed by atoms with Gasteiger partial charge in [0.25, 0.3) is 0 Å². The van der Waals surface area contributed by atoms with Gasteiger partial charge in [-0.2, -0.15) is 5.10 Å². The number of aryl methyl sites for hydroxylation is 1. The van der Waals surface area contributed by atoms with Gasteiger partial charge in [-0.3, -0.25) is 4.68 Å². The van der Waals surface area contributed by atoms with Crippen LogP contribution in [0.2, 0.25) is 0 Å². The summed E-state index contributed by atoms with van der Waals surface area (Å²) in [5.41, 5.74) is 4.06. The van der Waals surface area contributed by atoms with Crippen LogP contribution in [-0.2, 0) is 7.05 Å². The van der Waals surface area contributed by atoms with Crippen LogP contribution in [0.4, 0.5) is 0 Å². The van der Waals surface area contributed by atoms with Gasteiger partial charge in [0, 0.05) is 23.6 Å². The third-order valence-electron chi connectivity index (χ3n) is 3.90. The zero-order valence-electron chi connectivity index (χ0n) is 10.7. The molecular formula is C14H21BrN2. The summed E-state index contributed by atoms with van der Waals surface area (Å²) >= 11 is 3.64. The highest BCUT2D eigenvalue weighted by Crippen LogP contribution is 2.32. The third-order valence-corrected chi connectivity index (χ3v) is 4.55. The monoisotopic (exact) mass is 296 g/mol. The molecule has 1 saturated carbocycles. The van der Waals surface area contributed by atoms with Crippen LogP contribution in [0.15, 0.2) is 11.8 Å². The van der Waals surface area contributed by atoms with E-state index >= 15 is 0 Å². The molecule has 0 amide bonds. The number of alkyl halides is 1. The number of rotatable bonds is 3. The smallest absolute Gasteiger partial charge is 0.0564 e. The van der Waals surface area contributed by atoms with E-state index < -0.39 is 0 Å². The van der Waals surface area contributed by atoms with Crippen molar-refractivity contribution in [3.05, 3.63) is 23.0 Å². The predicted octanol–water partition coefficient (Wildman–Crippen LogP) is 4.09. The fourth-order valence-electron chi connectivity index (χ4n) is 2.60. The summed E-state index contributed by atoms with van der Waals surface area (Å²) in [5.74, 6) is 0.780. The highest BCUT2D eigenvalue weighted by Gasteiger charge is 2.17. The number of hydrogen-bond donors (Lipinski definition) is 0. The van der Waals surface area contributed by atoms with Crippen LogP contribution in [-0.4, -0.2) is 15.1 Å². The molecule has 0 spiro atoms. The maximum atomic E-state index is 4.31. The molecule has 0 bridgehead atoms. The molecule has 1 aliphatic carbocycles. The van der Waals surface area contributed by atoms with Crippen LogP contribution in [0.25, 0.3) is 6.08 Å². The van der Waals surface area contributed by atoms with Crippen LogP contribution in [0.5, 0.6) is 0 Å². The molecule has 3 heteroatoms. The molecule has 0 atom stereocenters.